The molecule has 0 spiro atoms. The molecule has 13 heteroatoms. The van der Waals surface area contributed by atoms with Crippen molar-refractivity contribution in [2.45, 2.75) is 18.4 Å². The van der Waals surface area contributed by atoms with Crippen molar-refractivity contribution in [1.29, 1.82) is 0 Å². The van der Waals surface area contributed by atoms with E-state index in [1.54, 1.807) is 0 Å². The Morgan fingerprint density at radius 2 is 1.70 bits per heavy atom. The Bertz CT molecular complexity index is 722. The van der Waals surface area contributed by atoms with Crippen LogP contribution in [0.1, 0.15) is 0 Å². The molecule has 7 nitrogen and oxygen atoms in total. The molecule has 3 N–H and O–H groups in total. The summed E-state index contributed by atoms with van der Waals surface area (Å²) in [7, 11) is 0. The van der Waals surface area contributed by atoms with Crippen molar-refractivity contribution in [3.63, 3.8) is 0 Å². The van der Waals surface area contributed by atoms with E-state index < -0.39 is 43.9 Å². The number of benzene rings is 1. The van der Waals surface area contributed by atoms with Gasteiger partial charge in [0.25, 0.3) is 5.91 Å². The van der Waals surface area contributed by atoms with Gasteiger partial charge in [-0.25, -0.2) is 0 Å². The lowest BCUT2D eigenvalue weighted by atomic mass is 10.2. The van der Waals surface area contributed by atoms with Gasteiger partial charge in [0.1, 0.15) is 12.6 Å². The normalized spacial score (nSPS) is 16.7. The van der Waals surface area contributed by atoms with Crippen LogP contribution >= 0.6 is 0 Å². The summed E-state index contributed by atoms with van der Waals surface area (Å²) in [5.74, 6) is -1.38. The molecule has 1 aliphatic heterocycles. The maximum Gasteiger partial charge on any atom is 0.401 e. The molecule has 2 amide bonds. The zero-order chi connectivity index (χ0) is 22.5. The zero-order valence-electron chi connectivity index (χ0n) is 15.6. The fourth-order valence-electron chi connectivity index (χ4n) is 2.90. The number of nitrogens with zero attached hydrogens (tertiary/aromatic N) is 2. The summed E-state index contributed by atoms with van der Waals surface area (Å²) in [6.07, 6.45) is -9.91. The third kappa shape index (κ3) is 7.15. The summed E-state index contributed by atoms with van der Waals surface area (Å²) in [6, 6.07) is 3.87. The molecule has 1 fully saturated rings. The van der Waals surface area contributed by atoms with E-state index in [4.69, 9.17) is 10.5 Å². The number of nitrogens with two attached hydrogens (primary N) is 1. The van der Waals surface area contributed by atoms with Crippen LogP contribution in [0.15, 0.2) is 24.3 Å². The van der Waals surface area contributed by atoms with Crippen LogP contribution in [-0.4, -0.2) is 74.5 Å². The van der Waals surface area contributed by atoms with Gasteiger partial charge in [-0.05, 0) is 24.3 Å². The van der Waals surface area contributed by atoms with Crippen LogP contribution < -0.4 is 16.0 Å². The number of alkyl halides is 6. The quantitative estimate of drug-likeness (QED) is 0.629. The van der Waals surface area contributed by atoms with Crippen molar-refractivity contribution in [1.82, 2.24) is 4.90 Å². The molecule has 1 aliphatic rings. The molecule has 1 aromatic rings. The van der Waals surface area contributed by atoms with Gasteiger partial charge in [0.15, 0.2) is 0 Å². The highest BCUT2D eigenvalue weighted by Crippen LogP contribution is 2.24. The smallest absolute Gasteiger partial charge is 0.370 e. The number of hydrogen-bond donors (Lipinski definition) is 2. The summed E-state index contributed by atoms with van der Waals surface area (Å²) in [5, 5.41) is 2.26. The highest BCUT2D eigenvalue weighted by atomic mass is 19.4. The molecule has 168 valence electrons. The second-order valence-electron chi connectivity index (χ2n) is 6.52. The second-order valence-corrected chi connectivity index (χ2v) is 6.52. The van der Waals surface area contributed by atoms with E-state index in [0.29, 0.717) is 18.8 Å². The van der Waals surface area contributed by atoms with Crippen LogP contribution in [0.5, 0.6) is 0 Å². The second kappa shape index (κ2) is 9.62. The molecular weight excluding hydrogens is 422 g/mol. The Balaban J connectivity index is 2.11. The van der Waals surface area contributed by atoms with Crippen molar-refractivity contribution in [2.24, 2.45) is 5.73 Å². The van der Waals surface area contributed by atoms with Crippen LogP contribution in [0.4, 0.5) is 37.7 Å². The number of carbonyl (C=O) groups excluding carboxylic acids is 2. The first kappa shape index (κ1) is 23.9. The average Bonchev–Trinajstić information content (AvgIpc) is 2.61. The number of morpholine rings is 1. The van der Waals surface area contributed by atoms with Gasteiger partial charge in [0.2, 0.25) is 5.91 Å². The zero-order valence-corrected chi connectivity index (χ0v) is 15.6. The van der Waals surface area contributed by atoms with Crippen molar-refractivity contribution in [3.05, 3.63) is 24.3 Å². The molecule has 1 heterocycles. The lowest BCUT2D eigenvalue weighted by Crippen LogP contribution is -2.54. The van der Waals surface area contributed by atoms with Crippen molar-refractivity contribution >= 4 is 23.2 Å². The highest BCUT2D eigenvalue weighted by Gasteiger charge is 2.41. The Kier molecular flexibility index (Phi) is 7.66. The fraction of sp³-hybridized carbons (Fsp3) is 0.529. The van der Waals surface area contributed by atoms with Gasteiger partial charge in [-0.15, -0.1) is 0 Å². The number of carbonyl (C=O) groups is 2. The van der Waals surface area contributed by atoms with E-state index in [2.05, 4.69) is 5.32 Å². The van der Waals surface area contributed by atoms with E-state index in [0.717, 1.165) is 0 Å². The number of amides is 2. The molecule has 0 bridgehead atoms. The predicted molar refractivity (Wildman–Crippen MR) is 94.8 cm³/mol. The molecule has 0 unspecified atom stereocenters. The lowest BCUT2D eigenvalue weighted by Gasteiger charge is -2.31. The monoisotopic (exact) mass is 442 g/mol. The van der Waals surface area contributed by atoms with E-state index in [9.17, 15) is 35.9 Å². The maximum atomic E-state index is 12.7. The van der Waals surface area contributed by atoms with E-state index in [-0.39, 0.29) is 23.1 Å². The molecule has 0 aromatic heterocycles. The minimum atomic E-state index is -4.95. The molecule has 0 aliphatic carbocycles. The van der Waals surface area contributed by atoms with Crippen molar-refractivity contribution in [3.8, 4) is 0 Å². The van der Waals surface area contributed by atoms with E-state index in [1.165, 1.54) is 29.2 Å². The summed E-state index contributed by atoms with van der Waals surface area (Å²) in [4.78, 5) is 25.6. The first-order chi connectivity index (χ1) is 13.9. The Labute approximate surface area is 167 Å². The molecular formula is C17H20F6N4O3. The third-order valence-corrected chi connectivity index (χ3v) is 4.16. The van der Waals surface area contributed by atoms with E-state index >= 15 is 0 Å². The topological polar surface area (TPSA) is 87.9 Å². The highest BCUT2D eigenvalue weighted by molar-refractivity contribution is 5.97. The molecule has 1 saturated heterocycles. The summed E-state index contributed by atoms with van der Waals surface area (Å²) >= 11 is 0. The first-order valence-corrected chi connectivity index (χ1v) is 8.76. The number of halogens is 6. The summed E-state index contributed by atoms with van der Waals surface area (Å²) in [6.45, 7) is -4.05. The first-order valence-electron chi connectivity index (χ1n) is 8.76. The van der Waals surface area contributed by atoms with Gasteiger partial charge >= 0.3 is 12.4 Å². The van der Waals surface area contributed by atoms with Gasteiger partial charge in [-0.1, -0.05) is 0 Å². The fourth-order valence-corrected chi connectivity index (χ4v) is 2.90. The SMILES string of the molecule is NC[C@H](C(=O)Nc1ccc(N2CCOCC2=O)cc1)N(CC(F)(F)F)CC(F)(F)F. The molecule has 30 heavy (non-hydrogen) atoms. The minimum absolute atomic E-state index is 0.0594. The maximum absolute atomic E-state index is 12.7. The Hall–Kier alpha value is -2.38. The molecule has 0 saturated carbocycles. The summed E-state index contributed by atoms with van der Waals surface area (Å²) < 4.78 is 81.2. The van der Waals surface area contributed by atoms with Gasteiger partial charge in [0, 0.05) is 24.5 Å². The van der Waals surface area contributed by atoms with Crippen LogP contribution in [0.3, 0.4) is 0 Å². The molecule has 0 radical (unpaired) electrons. The molecule has 2 rings (SSSR count). The standard InChI is InChI=1S/C17H20F6N4O3/c18-16(19,20)9-26(10-17(21,22)23)13(7-24)15(29)25-11-1-3-12(4-2-11)27-5-6-30-8-14(27)28/h1-4,13H,5-10,24H2,(H,25,29)/t13-/m1/s1. The van der Waals surface area contributed by atoms with Crippen LogP contribution in [-0.2, 0) is 14.3 Å². The van der Waals surface area contributed by atoms with Gasteiger partial charge in [-0.3, -0.25) is 14.5 Å². The largest absolute Gasteiger partial charge is 0.401 e. The van der Waals surface area contributed by atoms with Crippen LogP contribution in [0, 0.1) is 0 Å². The summed E-state index contributed by atoms with van der Waals surface area (Å²) in [5.41, 5.74) is 5.94. The molecule has 1 aromatic carbocycles. The Morgan fingerprint density at radius 1 is 1.13 bits per heavy atom. The van der Waals surface area contributed by atoms with Crippen LogP contribution in [0.2, 0.25) is 0 Å². The number of hydrogen-bond acceptors (Lipinski definition) is 5. The number of nitrogens with one attached hydrogen (secondary N) is 1. The van der Waals surface area contributed by atoms with Crippen molar-refractivity contribution < 1.29 is 40.7 Å². The predicted octanol–water partition coefficient (Wildman–Crippen LogP) is 1.74. The van der Waals surface area contributed by atoms with Gasteiger partial charge < -0.3 is 20.7 Å². The van der Waals surface area contributed by atoms with Crippen LogP contribution in [0.25, 0.3) is 0 Å². The molecule has 1 atom stereocenters. The van der Waals surface area contributed by atoms with Gasteiger partial charge in [-0.2, -0.15) is 26.3 Å². The van der Waals surface area contributed by atoms with Gasteiger partial charge in [0.05, 0.1) is 19.7 Å². The lowest BCUT2D eigenvalue weighted by molar-refractivity contribution is -0.186. The third-order valence-electron chi connectivity index (χ3n) is 4.16. The Morgan fingerprint density at radius 3 is 2.17 bits per heavy atom. The van der Waals surface area contributed by atoms with Crippen molar-refractivity contribution in [2.75, 3.05) is 49.6 Å². The minimum Gasteiger partial charge on any atom is -0.370 e. The number of anilines is 2. The van der Waals surface area contributed by atoms with E-state index in [1.807, 2.05) is 0 Å². The number of rotatable bonds is 7. The number of ether oxygens (including phenoxy) is 1. The average molecular weight is 442 g/mol.